The van der Waals surface area contributed by atoms with Crippen LogP contribution in [-0.4, -0.2) is 21.7 Å². The van der Waals surface area contributed by atoms with E-state index in [-0.39, 0.29) is 5.82 Å². The fraction of sp³-hybridized carbons (Fsp3) is 0.0800. The first-order chi connectivity index (χ1) is 15.1. The predicted octanol–water partition coefficient (Wildman–Crippen LogP) is 5.90. The van der Waals surface area contributed by atoms with Crippen LogP contribution in [0.15, 0.2) is 95.1 Å². The van der Waals surface area contributed by atoms with Gasteiger partial charge in [0.1, 0.15) is 16.7 Å². The second kappa shape index (κ2) is 9.49. The lowest BCUT2D eigenvalue weighted by Gasteiger charge is -2.05. The van der Waals surface area contributed by atoms with Gasteiger partial charge in [0.15, 0.2) is 0 Å². The van der Waals surface area contributed by atoms with Crippen molar-refractivity contribution < 1.29 is 4.39 Å². The van der Waals surface area contributed by atoms with E-state index >= 15 is 0 Å². The van der Waals surface area contributed by atoms with Gasteiger partial charge in [-0.25, -0.2) is 9.07 Å². The zero-order chi connectivity index (χ0) is 21.6. The fourth-order valence-electron chi connectivity index (χ4n) is 3.20. The molecule has 6 heteroatoms. The molecule has 0 atom stereocenters. The molecule has 0 aliphatic rings. The zero-order valence-corrected chi connectivity index (χ0v) is 17.7. The van der Waals surface area contributed by atoms with Crippen molar-refractivity contribution in [1.82, 2.24) is 9.78 Å². The summed E-state index contributed by atoms with van der Waals surface area (Å²) in [5.74, 6) is -0.273. The Hall–Kier alpha value is -3.57. The molecule has 4 nitrogen and oxygen atoms in total. The molecule has 0 bridgehead atoms. The Morgan fingerprint density at radius 3 is 2.10 bits per heavy atom. The van der Waals surface area contributed by atoms with E-state index in [0.717, 1.165) is 28.1 Å². The van der Waals surface area contributed by atoms with Crippen molar-refractivity contribution in [3.63, 3.8) is 0 Å². The Morgan fingerprint density at radius 2 is 1.52 bits per heavy atom. The molecule has 0 N–H and O–H groups in total. The topological polar surface area (TPSA) is 42.5 Å². The molecule has 1 heterocycles. The van der Waals surface area contributed by atoms with Crippen molar-refractivity contribution in [1.29, 1.82) is 0 Å². The van der Waals surface area contributed by atoms with Crippen LogP contribution in [0.4, 0.5) is 4.39 Å². The van der Waals surface area contributed by atoms with E-state index in [1.54, 1.807) is 23.0 Å². The van der Waals surface area contributed by atoms with Crippen LogP contribution in [0.25, 0.3) is 0 Å². The Morgan fingerprint density at radius 1 is 0.935 bits per heavy atom. The average molecular weight is 431 g/mol. The maximum absolute atomic E-state index is 13.1. The summed E-state index contributed by atoms with van der Waals surface area (Å²) in [5.41, 5.74) is 5.06. The number of nitrogens with zero attached hydrogens (tertiary/aromatic N) is 4. The van der Waals surface area contributed by atoms with E-state index in [4.69, 9.17) is 11.6 Å². The third kappa shape index (κ3) is 4.95. The minimum absolute atomic E-state index is 0.273. The fourth-order valence-corrected chi connectivity index (χ4v) is 3.48. The van der Waals surface area contributed by atoms with Crippen molar-refractivity contribution in [3.05, 3.63) is 124 Å². The number of halogens is 2. The minimum atomic E-state index is -0.273. The summed E-state index contributed by atoms with van der Waals surface area (Å²) in [6, 6.07) is 26.1. The summed E-state index contributed by atoms with van der Waals surface area (Å²) in [6.45, 7) is 2.31. The molecule has 4 aromatic rings. The normalized spacial score (nSPS) is 11.1. The Labute approximate surface area is 185 Å². The van der Waals surface area contributed by atoms with E-state index in [1.807, 2.05) is 67.6 Å². The molecular formula is C25H20ClFN4. The van der Waals surface area contributed by atoms with E-state index < -0.39 is 0 Å². The van der Waals surface area contributed by atoms with E-state index in [9.17, 15) is 4.39 Å². The van der Waals surface area contributed by atoms with Crippen LogP contribution in [-0.2, 0) is 6.54 Å². The van der Waals surface area contributed by atoms with Gasteiger partial charge in [0, 0.05) is 11.1 Å². The number of aryl methyl sites for hydroxylation is 1. The SMILES string of the molecule is Cc1nn(Cc2ccc(F)cc2)c(Cl)c1C=NN=C(c1ccccc1)c1ccccc1. The Balaban J connectivity index is 1.63. The predicted molar refractivity (Wildman–Crippen MR) is 124 cm³/mol. The average Bonchev–Trinajstić information content (AvgIpc) is 3.06. The molecule has 0 radical (unpaired) electrons. The highest BCUT2D eigenvalue weighted by atomic mass is 35.5. The molecule has 0 saturated carbocycles. The second-order valence-corrected chi connectivity index (χ2v) is 7.36. The van der Waals surface area contributed by atoms with Crippen LogP contribution in [0.3, 0.4) is 0 Å². The smallest absolute Gasteiger partial charge is 0.136 e. The summed E-state index contributed by atoms with van der Waals surface area (Å²) >= 11 is 6.55. The maximum Gasteiger partial charge on any atom is 0.136 e. The van der Waals surface area contributed by atoms with Crippen molar-refractivity contribution in [2.75, 3.05) is 0 Å². The van der Waals surface area contributed by atoms with Crippen molar-refractivity contribution in [2.45, 2.75) is 13.5 Å². The van der Waals surface area contributed by atoms with Crippen molar-refractivity contribution in [2.24, 2.45) is 10.2 Å². The van der Waals surface area contributed by atoms with Crippen LogP contribution in [0, 0.1) is 12.7 Å². The molecule has 0 aliphatic carbocycles. The number of aromatic nitrogens is 2. The molecule has 3 aromatic carbocycles. The Bertz CT molecular complexity index is 1170. The highest BCUT2D eigenvalue weighted by molar-refractivity contribution is 6.32. The van der Waals surface area contributed by atoms with Gasteiger partial charge in [-0.15, -0.1) is 5.10 Å². The quantitative estimate of drug-likeness (QED) is 0.277. The summed E-state index contributed by atoms with van der Waals surface area (Å²) in [6.07, 6.45) is 1.62. The molecule has 0 saturated heterocycles. The summed E-state index contributed by atoms with van der Waals surface area (Å²) in [5, 5.41) is 13.8. The largest absolute Gasteiger partial charge is 0.249 e. The third-order valence-corrected chi connectivity index (χ3v) is 5.19. The van der Waals surface area contributed by atoms with Gasteiger partial charge in [0.25, 0.3) is 0 Å². The zero-order valence-electron chi connectivity index (χ0n) is 16.9. The van der Waals surface area contributed by atoms with Gasteiger partial charge < -0.3 is 0 Å². The van der Waals surface area contributed by atoms with Gasteiger partial charge in [-0.05, 0) is 24.6 Å². The Kier molecular flexibility index (Phi) is 6.34. The first-order valence-electron chi connectivity index (χ1n) is 9.81. The van der Waals surface area contributed by atoms with Crippen LogP contribution >= 0.6 is 11.6 Å². The van der Waals surface area contributed by atoms with Gasteiger partial charge in [0.2, 0.25) is 0 Å². The van der Waals surface area contributed by atoms with Gasteiger partial charge in [-0.3, -0.25) is 0 Å². The summed E-state index contributed by atoms with van der Waals surface area (Å²) in [4.78, 5) is 0. The van der Waals surface area contributed by atoms with Gasteiger partial charge >= 0.3 is 0 Å². The number of hydrogen-bond donors (Lipinski definition) is 0. The molecule has 0 amide bonds. The highest BCUT2D eigenvalue weighted by Crippen LogP contribution is 2.20. The van der Waals surface area contributed by atoms with Crippen LogP contribution in [0.1, 0.15) is 27.9 Å². The van der Waals surface area contributed by atoms with Crippen molar-refractivity contribution >= 4 is 23.5 Å². The van der Waals surface area contributed by atoms with E-state index in [2.05, 4.69) is 15.3 Å². The molecule has 154 valence electrons. The van der Waals surface area contributed by atoms with Gasteiger partial charge in [-0.2, -0.15) is 10.2 Å². The molecule has 31 heavy (non-hydrogen) atoms. The lowest BCUT2D eigenvalue weighted by Crippen LogP contribution is -2.02. The van der Waals surface area contributed by atoms with Crippen LogP contribution in [0.2, 0.25) is 5.15 Å². The third-order valence-electron chi connectivity index (χ3n) is 4.79. The van der Waals surface area contributed by atoms with Crippen LogP contribution in [0.5, 0.6) is 0 Å². The first-order valence-corrected chi connectivity index (χ1v) is 10.2. The lowest BCUT2D eigenvalue weighted by molar-refractivity contribution is 0.624. The molecule has 0 fully saturated rings. The van der Waals surface area contributed by atoms with Gasteiger partial charge in [0.05, 0.1) is 24.0 Å². The standard InChI is InChI=1S/C25H20ClFN4/c1-18-23(25(26)31(30-18)17-19-12-14-22(27)15-13-19)16-28-29-24(20-8-4-2-5-9-20)21-10-6-3-7-11-21/h2-16H,17H2,1H3. The molecule has 0 aliphatic heterocycles. The second-order valence-electron chi connectivity index (χ2n) is 7.00. The van der Waals surface area contributed by atoms with E-state index in [0.29, 0.717) is 17.3 Å². The minimum Gasteiger partial charge on any atom is -0.249 e. The van der Waals surface area contributed by atoms with Crippen molar-refractivity contribution in [3.8, 4) is 0 Å². The maximum atomic E-state index is 13.1. The lowest BCUT2D eigenvalue weighted by atomic mass is 10.0. The molecule has 0 spiro atoms. The van der Waals surface area contributed by atoms with Crippen LogP contribution < -0.4 is 0 Å². The number of benzene rings is 3. The highest BCUT2D eigenvalue weighted by Gasteiger charge is 2.12. The molecular weight excluding hydrogens is 411 g/mol. The summed E-state index contributed by atoms with van der Waals surface area (Å²) < 4.78 is 14.8. The first kappa shape index (κ1) is 20.7. The monoisotopic (exact) mass is 430 g/mol. The number of rotatable bonds is 6. The molecule has 1 aromatic heterocycles. The molecule has 4 rings (SSSR count). The van der Waals surface area contributed by atoms with E-state index in [1.165, 1.54) is 12.1 Å². The van der Waals surface area contributed by atoms with Gasteiger partial charge in [-0.1, -0.05) is 84.4 Å². The number of hydrogen-bond acceptors (Lipinski definition) is 3. The molecule has 0 unspecified atom stereocenters. The summed E-state index contributed by atoms with van der Waals surface area (Å²) in [7, 11) is 0.